The molecule has 0 aromatic rings. The number of carbonyl (C=O) groups excluding carboxylic acids is 4. The molecule has 0 aromatic carbocycles. The van der Waals surface area contributed by atoms with Gasteiger partial charge in [0.2, 0.25) is 11.8 Å². The maximum absolute atomic E-state index is 11.6. The molecule has 0 N–H and O–H groups in total. The number of hydrogen-bond acceptors (Lipinski definition) is 6. The second-order valence-corrected chi connectivity index (χ2v) is 8.75. The predicted molar refractivity (Wildman–Crippen MR) is 111 cm³/mol. The Hall–Kier alpha value is -1.43. The van der Waals surface area contributed by atoms with Gasteiger partial charge in [0.15, 0.2) is 0 Å². The molecule has 0 bridgehead atoms. The number of carbonyl (C=O) groups is 4. The summed E-state index contributed by atoms with van der Waals surface area (Å²) in [7, 11) is 3.64. The van der Waals surface area contributed by atoms with E-state index in [-0.39, 0.29) is 36.2 Å². The van der Waals surface area contributed by atoms with Crippen LogP contribution in [0.1, 0.15) is 90.9 Å². The normalized spacial score (nSPS) is 16.4. The third kappa shape index (κ3) is 13.6. The van der Waals surface area contributed by atoms with Crippen LogP contribution in [-0.2, 0) is 44.5 Å². The van der Waals surface area contributed by atoms with Crippen molar-refractivity contribution in [1.29, 1.82) is 0 Å². The van der Waals surface area contributed by atoms with Crippen LogP contribution in [0.4, 0.5) is 0 Å². The van der Waals surface area contributed by atoms with Crippen LogP contribution in [0.5, 0.6) is 0 Å². The van der Waals surface area contributed by atoms with Crippen molar-refractivity contribution in [3.8, 4) is 0 Å². The van der Waals surface area contributed by atoms with Crippen LogP contribution in [-0.4, -0.2) is 59.4 Å². The summed E-state index contributed by atoms with van der Waals surface area (Å²) in [6.07, 6.45) is 11.9. The zero-order chi connectivity index (χ0) is 23.8. The first-order valence-electron chi connectivity index (χ1n) is 11.1. The van der Waals surface area contributed by atoms with E-state index in [9.17, 15) is 19.2 Å². The number of amides is 2. The molecule has 31 heavy (non-hydrogen) atoms. The summed E-state index contributed by atoms with van der Waals surface area (Å²) in [6, 6.07) is 0.742. The van der Waals surface area contributed by atoms with Crippen LogP contribution >= 0.6 is 0 Å². The van der Waals surface area contributed by atoms with Gasteiger partial charge in [0, 0.05) is 26.2 Å². The zero-order valence-corrected chi connectivity index (χ0v) is 21.4. The fourth-order valence-corrected chi connectivity index (χ4v) is 4.02. The standard InChI is InChI=1S/2C11H19NO2.Mo.2O/c2*1-9(13)8-11(14)12(2)10-6-4-3-5-7-10;;;/h2*10H,3-8H2,1-2H3;;;/q;;+2;;. The fourth-order valence-electron chi connectivity index (χ4n) is 4.02. The van der Waals surface area contributed by atoms with E-state index in [1.54, 1.807) is 9.80 Å². The van der Waals surface area contributed by atoms with Crippen molar-refractivity contribution in [2.45, 2.75) is 103 Å². The SMILES string of the molecule is CC(=O)CC(=O)N(C)C1CCCCC1.CC(=O)CC(=O)N(C)C1CCCCC1.[O]=[Mo+2]=[O]. The van der Waals surface area contributed by atoms with Gasteiger partial charge < -0.3 is 9.80 Å². The van der Waals surface area contributed by atoms with Crippen molar-refractivity contribution in [3.63, 3.8) is 0 Å². The van der Waals surface area contributed by atoms with Crippen molar-refractivity contribution in [1.82, 2.24) is 9.80 Å². The van der Waals surface area contributed by atoms with Gasteiger partial charge >= 0.3 is 25.3 Å². The van der Waals surface area contributed by atoms with E-state index in [0.29, 0.717) is 12.1 Å². The van der Waals surface area contributed by atoms with Crippen LogP contribution in [0.3, 0.4) is 0 Å². The van der Waals surface area contributed by atoms with Gasteiger partial charge in [-0.15, -0.1) is 0 Å². The molecule has 0 spiro atoms. The van der Waals surface area contributed by atoms with Gasteiger partial charge in [-0.1, -0.05) is 38.5 Å². The van der Waals surface area contributed by atoms with Gasteiger partial charge in [-0.3, -0.25) is 19.2 Å². The number of rotatable bonds is 6. The minimum absolute atomic E-state index is 0.0237. The van der Waals surface area contributed by atoms with E-state index < -0.39 is 18.5 Å². The molecule has 2 saturated carbocycles. The van der Waals surface area contributed by atoms with Crippen LogP contribution in [0, 0.1) is 0 Å². The summed E-state index contributed by atoms with van der Waals surface area (Å²) in [4.78, 5) is 48.2. The van der Waals surface area contributed by atoms with Crippen molar-refractivity contribution in [2.24, 2.45) is 0 Å². The fraction of sp³-hybridized carbons (Fsp3) is 0.818. The van der Waals surface area contributed by atoms with E-state index >= 15 is 0 Å². The van der Waals surface area contributed by atoms with E-state index in [0.717, 1.165) is 25.7 Å². The van der Waals surface area contributed by atoms with Gasteiger partial charge in [0.25, 0.3) is 0 Å². The third-order valence-electron chi connectivity index (χ3n) is 5.83. The van der Waals surface area contributed by atoms with E-state index in [2.05, 4.69) is 0 Å². The van der Waals surface area contributed by atoms with Crippen LogP contribution in [0.25, 0.3) is 0 Å². The molecule has 8 nitrogen and oxygen atoms in total. The molecule has 0 aromatic heterocycles. The van der Waals surface area contributed by atoms with Crippen molar-refractivity contribution in [2.75, 3.05) is 14.1 Å². The van der Waals surface area contributed by atoms with Crippen molar-refractivity contribution in [3.05, 3.63) is 0 Å². The summed E-state index contributed by atoms with van der Waals surface area (Å²) in [5, 5.41) is 0. The average Bonchev–Trinajstić information content (AvgIpc) is 2.74. The van der Waals surface area contributed by atoms with Crippen molar-refractivity contribution < 1.29 is 44.5 Å². The minimum atomic E-state index is -2.03. The molecular weight excluding hydrogens is 484 g/mol. The molecule has 9 heteroatoms. The second kappa shape index (κ2) is 17.2. The number of nitrogens with zero attached hydrogens (tertiary/aromatic N) is 2. The van der Waals surface area contributed by atoms with Crippen LogP contribution in [0.2, 0.25) is 0 Å². The van der Waals surface area contributed by atoms with Crippen LogP contribution < -0.4 is 0 Å². The molecule has 0 atom stereocenters. The molecule has 0 aliphatic heterocycles. The first-order valence-corrected chi connectivity index (χ1v) is 12.7. The first kappa shape index (κ1) is 29.6. The molecule has 2 amide bonds. The topological polar surface area (TPSA) is 109 Å². The Kier molecular flexibility index (Phi) is 16.4. The quantitative estimate of drug-likeness (QED) is 0.391. The van der Waals surface area contributed by atoms with Gasteiger partial charge in [0.1, 0.15) is 11.6 Å². The Morgan fingerprint density at radius 2 is 0.903 bits per heavy atom. The second-order valence-electron chi connectivity index (χ2n) is 8.42. The number of Topliss-reactive ketones (excluding diaryl/α,β-unsaturated/α-hetero) is 2. The molecular formula is C22H38MoN2O6+2. The summed E-state index contributed by atoms with van der Waals surface area (Å²) in [6.45, 7) is 2.93. The third-order valence-corrected chi connectivity index (χ3v) is 5.83. The van der Waals surface area contributed by atoms with Gasteiger partial charge in [-0.05, 0) is 39.5 Å². The zero-order valence-electron chi connectivity index (χ0n) is 19.4. The van der Waals surface area contributed by atoms with Gasteiger partial charge in [0.05, 0.1) is 12.8 Å². The molecule has 0 radical (unpaired) electrons. The summed E-state index contributed by atoms with van der Waals surface area (Å²) < 4.78 is 17.0. The molecule has 0 saturated heterocycles. The molecule has 0 heterocycles. The average molecular weight is 522 g/mol. The monoisotopic (exact) mass is 524 g/mol. The molecule has 2 aliphatic carbocycles. The number of hydrogen-bond donors (Lipinski definition) is 0. The Labute approximate surface area is 194 Å². The maximum atomic E-state index is 11.6. The number of ketones is 2. The molecule has 2 fully saturated rings. The Balaban J connectivity index is 0.000000516. The molecule has 176 valence electrons. The Morgan fingerprint density at radius 1 is 0.645 bits per heavy atom. The van der Waals surface area contributed by atoms with Gasteiger partial charge in [-0.25, -0.2) is 0 Å². The summed E-state index contributed by atoms with van der Waals surface area (Å²) in [5.74, 6) is -0.135. The van der Waals surface area contributed by atoms with E-state index in [1.165, 1.54) is 52.4 Å². The van der Waals surface area contributed by atoms with Crippen LogP contribution in [0.15, 0.2) is 0 Å². The Morgan fingerprint density at radius 3 is 1.13 bits per heavy atom. The summed E-state index contributed by atoms with van der Waals surface area (Å²) in [5.41, 5.74) is 0. The molecule has 2 aliphatic rings. The first-order chi connectivity index (χ1) is 14.6. The van der Waals surface area contributed by atoms with Crippen molar-refractivity contribution >= 4 is 23.4 Å². The molecule has 2 rings (SSSR count). The van der Waals surface area contributed by atoms with Gasteiger partial charge in [-0.2, -0.15) is 0 Å². The van der Waals surface area contributed by atoms with E-state index in [4.69, 9.17) is 6.80 Å². The predicted octanol–water partition coefficient (Wildman–Crippen LogP) is 3.27. The summed E-state index contributed by atoms with van der Waals surface area (Å²) >= 11 is -2.03. The molecule has 0 unspecified atom stereocenters. The Bertz CT molecular complexity index is 573. The van der Waals surface area contributed by atoms with E-state index in [1.807, 2.05) is 14.1 Å².